The number of ether oxygens (including phenoxy) is 3. The summed E-state index contributed by atoms with van der Waals surface area (Å²) >= 11 is 0. The number of nitrogens with zero attached hydrogens (tertiary/aromatic N) is 5. The third kappa shape index (κ3) is 14.3. The molecule has 0 aliphatic carbocycles. The van der Waals surface area contributed by atoms with Crippen LogP contribution in [0, 0.1) is 5.82 Å². The van der Waals surface area contributed by atoms with Gasteiger partial charge in [0.05, 0.1) is 12.8 Å². The van der Waals surface area contributed by atoms with Crippen LogP contribution in [0.3, 0.4) is 0 Å². The monoisotopic (exact) mass is 941 g/mol. The lowest BCUT2D eigenvalue weighted by molar-refractivity contribution is -0.309. The minimum absolute atomic E-state index is 0.0638. The summed E-state index contributed by atoms with van der Waals surface area (Å²) in [7, 11) is 1.54. The van der Waals surface area contributed by atoms with Gasteiger partial charge in [-0.15, -0.1) is 0 Å². The summed E-state index contributed by atoms with van der Waals surface area (Å²) in [6, 6.07) is 24.9. The zero-order chi connectivity index (χ0) is 47.7. The molecule has 2 aliphatic heterocycles. The quantitative estimate of drug-likeness (QED) is 0.154. The second kappa shape index (κ2) is 21.0. The SMILES string of the molecule is COc1cc(-c2ccccc2)ccc1CN1CCN(C(=O)OC(C(F)(F)F)C(F)(F)F)CC1.O=C(OC(C(F)(F)F)C(F)(F)F)N1CCN(Cc2ccc(-c3cccc(F)c3)cn2)CC1. The van der Waals surface area contributed by atoms with Gasteiger partial charge in [-0.2, -0.15) is 52.7 Å². The first-order chi connectivity index (χ1) is 30.4. The van der Waals surface area contributed by atoms with Gasteiger partial charge >= 0.3 is 36.9 Å². The largest absolute Gasteiger partial charge is 0.496 e. The average molecular weight is 942 g/mol. The molecule has 354 valence electrons. The Morgan fingerprint density at radius 1 is 0.554 bits per heavy atom. The van der Waals surface area contributed by atoms with Gasteiger partial charge in [0.1, 0.15) is 11.6 Å². The van der Waals surface area contributed by atoms with E-state index in [4.69, 9.17) is 4.74 Å². The first-order valence-corrected chi connectivity index (χ1v) is 19.5. The highest BCUT2D eigenvalue weighted by Crippen LogP contribution is 2.37. The van der Waals surface area contributed by atoms with Crippen LogP contribution in [-0.2, 0) is 22.6 Å². The second-order valence-corrected chi connectivity index (χ2v) is 14.7. The number of aromatic nitrogens is 1. The van der Waals surface area contributed by atoms with E-state index in [1.165, 1.54) is 12.1 Å². The number of piperazine rings is 2. The highest BCUT2D eigenvalue weighted by Gasteiger charge is 2.61. The summed E-state index contributed by atoms with van der Waals surface area (Å²) in [5.74, 6) is 0.274. The predicted molar refractivity (Wildman–Crippen MR) is 207 cm³/mol. The van der Waals surface area contributed by atoms with E-state index in [1.807, 2.05) is 58.3 Å². The highest BCUT2D eigenvalue weighted by molar-refractivity contribution is 5.69. The molecule has 0 radical (unpaired) electrons. The van der Waals surface area contributed by atoms with Gasteiger partial charge in [-0.05, 0) is 41.0 Å². The van der Waals surface area contributed by atoms with Crippen molar-refractivity contribution in [3.05, 3.63) is 108 Å². The third-order valence-corrected chi connectivity index (χ3v) is 10.0. The summed E-state index contributed by atoms with van der Waals surface area (Å²) in [6.07, 6.45) is -33.0. The predicted octanol–water partition coefficient (Wildman–Crippen LogP) is 9.74. The first kappa shape index (κ1) is 50.2. The Labute approximate surface area is 363 Å². The fourth-order valence-electron chi connectivity index (χ4n) is 6.68. The van der Waals surface area contributed by atoms with E-state index in [2.05, 4.69) is 14.5 Å². The van der Waals surface area contributed by atoms with Crippen molar-refractivity contribution >= 4 is 12.2 Å². The minimum atomic E-state index is -5.75. The molecule has 0 unspecified atom stereocenters. The summed E-state index contributed by atoms with van der Waals surface area (Å²) in [5.41, 5.74) is 4.88. The third-order valence-electron chi connectivity index (χ3n) is 10.0. The summed E-state index contributed by atoms with van der Waals surface area (Å²) in [4.78, 5) is 33.4. The van der Waals surface area contributed by atoms with Crippen LogP contribution in [0.25, 0.3) is 22.3 Å². The van der Waals surface area contributed by atoms with Gasteiger partial charge < -0.3 is 24.0 Å². The second-order valence-electron chi connectivity index (χ2n) is 14.7. The lowest BCUT2D eigenvalue weighted by Crippen LogP contribution is -2.52. The standard InChI is InChI=1S/C22H22F6N2O3.C20H18F7N3O2/c1-32-18-13-16(15-5-3-2-4-6-15)7-8-17(18)14-29-9-11-30(12-10-29)20(31)33-19(21(23,24)25)22(26,27)28;21-15-3-1-2-13(10-15)14-4-5-16(28-11-14)12-29-6-8-30(9-7-29)18(31)32-17(19(22,23)24)20(25,26)27/h2-8,13,19H,9-12,14H2,1H3;1-5,10-11,17H,6-9,12H2. The molecule has 65 heavy (non-hydrogen) atoms. The number of amides is 2. The number of methoxy groups -OCH3 is 1. The van der Waals surface area contributed by atoms with Crippen molar-refractivity contribution in [3.63, 3.8) is 0 Å². The molecular formula is C42H40F13N5O5. The van der Waals surface area contributed by atoms with E-state index in [1.54, 1.807) is 37.6 Å². The van der Waals surface area contributed by atoms with Gasteiger partial charge in [0, 0.05) is 82.8 Å². The number of carbonyl (C=O) groups is 2. The van der Waals surface area contributed by atoms with Crippen LogP contribution in [0.4, 0.5) is 66.7 Å². The maximum absolute atomic E-state index is 13.3. The fraction of sp³-hybridized carbons (Fsp3) is 0.405. The summed E-state index contributed by atoms with van der Waals surface area (Å²) < 4.78 is 177. The van der Waals surface area contributed by atoms with Gasteiger partial charge in [0.25, 0.3) is 12.2 Å². The van der Waals surface area contributed by atoms with Crippen molar-refractivity contribution in [2.45, 2.75) is 50.0 Å². The van der Waals surface area contributed by atoms with Crippen molar-refractivity contribution < 1.29 is 80.9 Å². The van der Waals surface area contributed by atoms with Crippen LogP contribution in [0.1, 0.15) is 11.3 Å². The smallest absolute Gasteiger partial charge is 0.434 e. The number of benzene rings is 3. The van der Waals surface area contributed by atoms with Crippen LogP contribution in [0.15, 0.2) is 91.1 Å². The van der Waals surface area contributed by atoms with E-state index in [0.717, 1.165) is 26.5 Å². The molecule has 4 aromatic rings. The lowest BCUT2D eigenvalue weighted by Gasteiger charge is -2.35. The molecule has 10 nitrogen and oxygen atoms in total. The molecule has 0 saturated carbocycles. The van der Waals surface area contributed by atoms with Crippen LogP contribution < -0.4 is 4.74 Å². The maximum atomic E-state index is 13.3. The van der Waals surface area contributed by atoms with E-state index in [0.29, 0.717) is 35.7 Å². The Morgan fingerprint density at radius 3 is 1.46 bits per heavy atom. The van der Waals surface area contributed by atoms with E-state index in [-0.39, 0.29) is 58.2 Å². The number of rotatable bonds is 9. The topological polar surface area (TPSA) is 87.7 Å². The Morgan fingerprint density at radius 2 is 1.02 bits per heavy atom. The van der Waals surface area contributed by atoms with Crippen molar-refractivity contribution in [3.8, 4) is 28.0 Å². The highest BCUT2D eigenvalue weighted by atomic mass is 19.4. The molecule has 0 bridgehead atoms. The normalized spacial score (nSPS) is 15.7. The van der Waals surface area contributed by atoms with Crippen LogP contribution >= 0.6 is 0 Å². The molecule has 6 rings (SSSR count). The average Bonchev–Trinajstić information content (AvgIpc) is 3.24. The zero-order valence-electron chi connectivity index (χ0n) is 34.1. The van der Waals surface area contributed by atoms with Gasteiger partial charge in [0.15, 0.2) is 0 Å². The molecule has 2 saturated heterocycles. The Balaban J connectivity index is 0.000000244. The zero-order valence-corrected chi connectivity index (χ0v) is 34.1. The number of halogens is 13. The number of alkyl halides is 12. The van der Waals surface area contributed by atoms with Crippen molar-refractivity contribution in [1.29, 1.82) is 0 Å². The first-order valence-electron chi connectivity index (χ1n) is 19.5. The molecule has 0 atom stereocenters. The van der Waals surface area contributed by atoms with Gasteiger partial charge in [0.2, 0.25) is 0 Å². The summed E-state index contributed by atoms with van der Waals surface area (Å²) in [5, 5.41) is 0. The number of hydrogen-bond donors (Lipinski definition) is 0. The fourth-order valence-corrected chi connectivity index (χ4v) is 6.68. The number of carbonyl (C=O) groups excluding carboxylic acids is 2. The Bertz CT molecular complexity index is 2150. The molecule has 0 spiro atoms. The molecule has 0 N–H and O–H groups in total. The molecule has 3 aromatic carbocycles. The lowest BCUT2D eigenvalue weighted by atomic mass is 10.0. The molecule has 1 aromatic heterocycles. The molecule has 2 aliphatic rings. The number of pyridine rings is 1. The van der Waals surface area contributed by atoms with Crippen molar-refractivity contribution in [2.75, 3.05) is 59.5 Å². The van der Waals surface area contributed by atoms with Gasteiger partial charge in [-0.25, -0.2) is 14.0 Å². The molecular weight excluding hydrogens is 901 g/mol. The molecule has 2 amide bonds. The Kier molecular flexibility index (Phi) is 16.2. The minimum Gasteiger partial charge on any atom is -0.496 e. The van der Waals surface area contributed by atoms with E-state index >= 15 is 0 Å². The maximum Gasteiger partial charge on any atom is 0.434 e. The van der Waals surface area contributed by atoms with Gasteiger partial charge in [-0.3, -0.25) is 14.8 Å². The Hall–Kier alpha value is -5.84. The molecule has 2 fully saturated rings. The van der Waals surface area contributed by atoms with Crippen LogP contribution in [0.5, 0.6) is 5.75 Å². The van der Waals surface area contributed by atoms with Gasteiger partial charge in [-0.1, -0.05) is 60.7 Å². The number of hydrogen-bond acceptors (Lipinski definition) is 8. The van der Waals surface area contributed by atoms with Crippen molar-refractivity contribution in [2.24, 2.45) is 0 Å². The van der Waals surface area contributed by atoms with E-state index < -0.39 is 49.1 Å². The van der Waals surface area contributed by atoms with Crippen LogP contribution in [-0.4, -0.2) is 133 Å². The molecule has 23 heteroatoms. The van der Waals surface area contributed by atoms with E-state index in [9.17, 15) is 66.7 Å². The van der Waals surface area contributed by atoms with Crippen LogP contribution in [0.2, 0.25) is 0 Å². The summed E-state index contributed by atoms with van der Waals surface area (Å²) in [6.45, 7) is 1.41. The molecule has 3 heterocycles. The van der Waals surface area contributed by atoms with Crippen molar-refractivity contribution in [1.82, 2.24) is 24.6 Å².